The normalized spacial score (nSPS) is 39.7. The van der Waals surface area contributed by atoms with Crippen molar-refractivity contribution in [2.45, 2.75) is 18.9 Å². The first-order valence-corrected chi connectivity index (χ1v) is 6.78. The van der Waals surface area contributed by atoms with Crippen molar-refractivity contribution in [3.8, 4) is 0 Å². The number of hydrogen-bond acceptors (Lipinski definition) is 4. The number of allylic oxidation sites excluding steroid dienone is 1. The number of rotatable bonds is 3. The first-order chi connectivity index (χ1) is 9.46. The number of nitrogens with zero attached hydrogens (tertiary/aromatic N) is 2. The lowest BCUT2D eigenvalue weighted by molar-refractivity contribution is -0.123. The molecular formula is C13H12ClFN4O. The van der Waals surface area contributed by atoms with E-state index in [1.54, 1.807) is 0 Å². The van der Waals surface area contributed by atoms with Crippen LogP contribution in [-0.4, -0.2) is 21.9 Å². The number of carbonyl (C=O) groups excluding carboxylic acids is 1. The molecule has 0 aliphatic heterocycles. The molecule has 20 heavy (non-hydrogen) atoms. The van der Waals surface area contributed by atoms with Crippen molar-refractivity contribution in [3.05, 3.63) is 29.4 Å². The fourth-order valence-corrected chi connectivity index (χ4v) is 4.45. The topological polar surface area (TPSA) is 80.9 Å². The van der Waals surface area contributed by atoms with Crippen LogP contribution in [0.3, 0.4) is 0 Å². The molecule has 6 rings (SSSR count). The van der Waals surface area contributed by atoms with Crippen LogP contribution in [0.15, 0.2) is 18.3 Å². The van der Waals surface area contributed by atoms with Gasteiger partial charge in [0.1, 0.15) is 0 Å². The standard InChI is InChI=1S/C13H12ClFN4O/c14-11-17-3-6(15)10(19-11)18-8-7(9(16)20)12-1-2-13(8,4-12)5-12/h1-3,7-8H,4-5H2,(H2,16,20)(H,17,18,19)/t7-,8-,12?,13?/m0/s1. The molecule has 2 atom stereocenters. The molecule has 5 aliphatic carbocycles. The van der Waals surface area contributed by atoms with Crippen LogP contribution in [-0.2, 0) is 4.79 Å². The molecule has 0 spiro atoms. The summed E-state index contributed by atoms with van der Waals surface area (Å²) in [4.78, 5) is 19.2. The van der Waals surface area contributed by atoms with Gasteiger partial charge in [0, 0.05) is 16.9 Å². The maximum absolute atomic E-state index is 13.7. The Kier molecular flexibility index (Phi) is 2.11. The third kappa shape index (κ3) is 1.30. The minimum atomic E-state index is -0.588. The molecule has 3 N–H and O–H groups in total. The number of anilines is 1. The van der Waals surface area contributed by atoms with Crippen molar-refractivity contribution in [2.75, 3.05) is 5.32 Å². The summed E-state index contributed by atoms with van der Waals surface area (Å²) in [5, 5.41) is 2.99. The number of fused-ring (bicyclic) bond motifs is 1. The third-order valence-corrected chi connectivity index (χ3v) is 5.13. The molecule has 7 heteroatoms. The fourth-order valence-electron chi connectivity index (χ4n) is 4.32. The second-order valence-electron chi connectivity index (χ2n) is 5.99. The van der Waals surface area contributed by atoms with E-state index in [2.05, 4.69) is 27.4 Å². The average Bonchev–Trinajstić information content (AvgIpc) is 3.02. The molecule has 5 nitrogen and oxygen atoms in total. The number of carbonyl (C=O) groups is 1. The van der Waals surface area contributed by atoms with Crippen molar-refractivity contribution < 1.29 is 9.18 Å². The Morgan fingerprint density at radius 1 is 1.45 bits per heavy atom. The van der Waals surface area contributed by atoms with Crippen molar-refractivity contribution in [1.82, 2.24) is 9.97 Å². The van der Waals surface area contributed by atoms with E-state index >= 15 is 0 Å². The molecule has 5 aliphatic rings. The monoisotopic (exact) mass is 294 g/mol. The minimum absolute atomic E-state index is 0.0265. The summed E-state index contributed by atoms with van der Waals surface area (Å²) in [6.07, 6.45) is 7.01. The highest BCUT2D eigenvalue weighted by molar-refractivity contribution is 6.28. The van der Waals surface area contributed by atoms with Crippen molar-refractivity contribution in [3.63, 3.8) is 0 Å². The summed E-state index contributed by atoms with van der Waals surface area (Å²) < 4.78 is 13.7. The van der Waals surface area contributed by atoms with Gasteiger partial charge in [-0.2, -0.15) is 4.98 Å². The lowest BCUT2D eigenvalue weighted by atomic mass is 9.65. The smallest absolute Gasteiger partial charge is 0.224 e. The first-order valence-electron chi connectivity index (χ1n) is 6.40. The first kappa shape index (κ1) is 12.1. The second kappa shape index (κ2) is 3.49. The van der Waals surface area contributed by atoms with E-state index in [0.717, 1.165) is 19.0 Å². The molecule has 0 unspecified atom stereocenters. The Hall–Kier alpha value is -1.69. The third-order valence-electron chi connectivity index (χ3n) is 4.95. The maximum Gasteiger partial charge on any atom is 0.224 e. The average molecular weight is 295 g/mol. The van der Waals surface area contributed by atoms with Gasteiger partial charge in [0.15, 0.2) is 11.6 Å². The van der Waals surface area contributed by atoms with Crippen LogP contribution >= 0.6 is 11.6 Å². The predicted molar refractivity (Wildman–Crippen MR) is 70.3 cm³/mol. The molecule has 2 bridgehead atoms. The van der Waals surface area contributed by atoms with E-state index in [4.69, 9.17) is 17.3 Å². The lowest BCUT2D eigenvalue weighted by Gasteiger charge is -2.38. The van der Waals surface area contributed by atoms with Gasteiger partial charge in [0.05, 0.1) is 12.1 Å². The zero-order valence-electron chi connectivity index (χ0n) is 10.4. The molecule has 3 fully saturated rings. The number of hydrogen-bond donors (Lipinski definition) is 2. The summed E-state index contributed by atoms with van der Waals surface area (Å²) in [7, 11) is 0. The molecular weight excluding hydrogens is 283 g/mol. The van der Waals surface area contributed by atoms with Crippen LogP contribution in [0.2, 0.25) is 5.28 Å². The van der Waals surface area contributed by atoms with Crippen molar-refractivity contribution in [1.29, 1.82) is 0 Å². The fraction of sp³-hybridized carbons (Fsp3) is 0.462. The van der Waals surface area contributed by atoms with Gasteiger partial charge in [-0.15, -0.1) is 0 Å². The lowest BCUT2D eigenvalue weighted by Crippen LogP contribution is -2.41. The Morgan fingerprint density at radius 2 is 2.15 bits per heavy atom. The van der Waals surface area contributed by atoms with Gasteiger partial charge >= 0.3 is 0 Å². The zero-order chi connectivity index (χ0) is 14.1. The van der Waals surface area contributed by atoms with Crippen LogP contribution in [0.4, 0.5) is 10.2 Å². The zero-order valence-corrected chi connectivity index (χ0v) is 11.2. The van der Waals surface area contributed by atoms with Crippen LogP contribution in [0.5, 0.6) is 0 Å². The number of primary amides is 1. The molecule has 1 aromatic heterocycles. The molecule has 1 aromatic rings. The Balaban J connectivity index is 1.71. The van der Waals surface area contributed by atoms with Gasteiger partial charge in [0.25, 0.3) is 0 Å². The van der Waals surface area contributed by atoms with Crippen LogP contribution in [0.25, 0.3) is 0 Å². The Morgan fingerprint density at radius 3 is 2.85 bits per heavy atom. The summed E-state index contributed by atoms with van der Waals surface area (Å²) in [6.45, 7) is 0. The molecule has 104 valence electrons. The van der Waals surface area contributed by atoms with E-state index in [0.29, 0.717) is 0 Å². The molecule has 0 aromatic carbocycles. The second-order valence-corrected chi connectivity index (χ2v) is 6.33. The predicted octanol–water partition coefficient (Wildman–Crippen LogP) is 1.50. The number of halogens is 2. The quantitative estimate of drug-likeness (QED) is 0.654. The molecule has 0 saturated heterocycles. The van der Waals surface area contributed by atoms with E-state index in [1.807, 2.05) is 0 Å². The number of nitrogens with two attached hydrogens (primary N) is 1. The minimum Gasteiger partial charge on any atom is -0.369 e. The van der Waals surface area contributed by atoms with Crippen molar-refractivity contribution >= 4 is 23.3 Å². The summed E-state index contributed by atoms with van der Waals surface area (Å²) in [5.41, 5.74) is 5.29. The summed E-state index contributed by atoms with van der Waals surface area (Å²) in [5.74, 6) is -1.25. The van der Waals surface area contributed by atoms with E-state index < -0.39 is 5.82 Å². The van der Waals surface area contributed by atoms with Gasteiger partial charge in [-0.3, -0.25) is 4.79 Å². The van der Waals surface area contributed by atoms with Crippen LogP contribution in [0.1, 0.15) is 12.8 Å². The number of amides is 1. The van der Waals surface area contributed by atoms with Crippen molar-refractivity contribution in [2.24, 2.45) is 22.5 Å². The number of nitrogens with one attached hydrogen (secondary N) is 1. The highest BCUT2D eigenvalue weighted by Gasteiger charge is 2.74. The molecule has 3 saturated carbocycles. The van der Waals surface area contributed by atoms with Crippen LogP contribution < -0.4 is 11.1 Å². The Bertz CT molecular complexity index is 656. The van der Waals surface area contributed by atoms with Gasteiger partial charge in [0.2, 0.25) is 11.2 Å². The highest BCUT2D eigenvalue weighted by Crippen LogP contribution is 2.75. The van der Waals surface area contributed by atoms with E-state index in [-0.39, 0.29) is 39.8 Å². The summed E-state index contributed by atoms with van der Waals surface area (Å²) >= 11 is 5.69. The van der Waals surface area contributed by atoms with E-state index in [1.165, 1.54) is 0 Å². The highest BCUT2D eigenvalue weighted by atomic mass is 35.5. The van der Waals surface area contributed by atoms with Gasteiger partial charge in [-0.25, -0.2) is 9.37 Å². The molecule has 1 amide bonds. The molecule has 0 radical (unpaired) electrons. The SMILES string of the molecule is NC(=O)[C@@H]1[C@H](Nc2nc(Cl)ncc2F)C23C=CC1(C2)C3. The maximum atomic E-state index is 13.7. The largest absolute Gasteiger partial charge is 0.369 e. The van der Waals surface area contributed by atoms with Crippen LogP contribution in [0, 0.1) is 22.6 Å². The molecule has 1 heterocycles. The number of aromatic nitrogens is 2. The summed E-state index contributed by atoms with van der Waals surface area (Å²) in [6, 6.07) is -0.231. The van der Waals surface area contributed by atoms with Gasteiger partial charge in [-0.1, -0.05) is 12.2 Å². The van der Waals surface area contributed by atoms with Gasteiger partial charge < -0.3 is 11.1 Å². The van der Waals surface area contributed by atoms with Gasteiger partial charge in [-0.05, 0) is 24.4 Å². The van der Waals surface area contributed by atoms with E-state index in [9.17, 15) is 9.18 Å². The Labute approximate surface area is 119 Å².